The SMILES string of the molecule is c1cc(-c2ccc3c(-c4ccc5ccccc5c4)c4ccccc4c(-c4ccc5ccccc5c4)c3c2)cc(-c2nc3ccccc3c3c2ccc2c4ccccc4oc23)c1. The van der Waals surface area contributed by atoms with Crippen molar-refractivity contribution >= 4 is 86.7 Å². The molecule has 0 aliphatic rings. The predicted octanol–water partition coefficient (Wildman–Crippen LogP) is 16.6. The van der Waals surface area contributed by atoms with Gasteiger partial charge in [-0.05, 0) is 119 Å². The van der Waals surface area contributed by atoms with Gasteiger partial charge in [0.25, 0.3) is 0 Å². The molecule has 0 spiro atoms. The second-order valence-corrected chi connectivity index (χ2v) is 16.2. The molecule has 13 aromatic rings. The minimum Gasteiger partial charge on any atom is -0.455 e. The molecule has 0 aliphatic carbocycles. The average molecular weight is 774 g/mol. The Morgan fingerprint density at radius 3 is 1.56 bits per heavy atom. The maximum atomic E-state index is 6.64. The first-order valence-electron chi connectivity index (χ1n) is 20.9. The van der Waals surface area contributed by atoms with Crippen molar-refractivity contribution in [3.63, 3.8) is 0 Å². The van der Waals surface area contributed by atoms with Crippen LogP contribution < -0.4 is 0 Å². The standard InChI is InChI=1S/C59H35NO/c1-3-14-38-32-42(26-24-36(38)12-1)55-46-19-5-6-20-47(46)56(43-27-25-37-13-2-4-15-39(37)33-43)52-35-41(28-29-48(52)55)40-16-11-17-44(34-40)58-51-31-30-49-45-18-8-10-23-54(45)61-59(49)57(51)50-21-7-9-22-53(50)60-58/h1-35H. The summed E-state index contributed by atoms with van der Waals surface area (Å²) in [5, 5.41) is 15.4. The van der Waals surface area contributed by atoms with Crippen LogP contribution in [0.2, 0.25) is 0 Å². The zero-order valence-electron chi connectivity index (χ0n) is 33.1. The van der Waals surface area contributed by atoms with E-state index in [0.717, 1.165) is 66.0 Å². The highest BCUT2D eigenvalue weighted by Crippen LogP contribution is 2.47. The summed E-state index contributed by atoms with van der Waals surface area (Å²) < 4.78 is 6.64. The van der Waals surface area contributed by atoms with Gasteiger partial charge in [-0.25, -0.2) is 4.98 Å². The molecule has 2 heteroatoms. The normalized spacial score (nSPS) is 11.9. The number of hydrogen-bond donors (Lipinski definition) is 0. The lowest BCUT2D eigenvalue weighted by Gasteiger charge is -2.19. The number of rotatable bonds is 4. The Hall–Kier alpha value is -8.07. The minimum absolute atomic E-state index is 0.894. The minimum atomic E-state index is 0.894. The van der Waals surface area contributed by atoms with Gasteiger partial charge in [0.05, 0.1) is 11.2 Å². The molecule has 282 valence electrons. The third kappa shape index (κ3) is 5.26. The molecule has 0 radical (unpaired) electrons. The fourth-order valence-electron chi connectivity index (χ4n) is 9.95. The molecule has 0 amide bonds. The van der Waals surface area contributed by atoms with Crippen molar-refractivity contribution in [2.75, 3.05) is 0 Å². The molecule has 11 aromatic carbocycles. The van der Waals surface area contributed by atoms with E-state index in [1.807, 2.05) is 6.07 Å². The molecule has 0 unspecified atom stereocenters. The van der Waals surface area contributed by atoms with Gasteiger partial charge in [0, 0.05) is 32.5 Å². The van der Waals surface area contributed by atoms with Crippen LogP contribution in [-0.2, 0) is 0 Å². The average Bonchev–Trinajstić information content (AvgIpc) is 3.71. The van der Waals surface area contributed by atoms with Crippen LogP contribution in [0.4, 0.5) is 0 Å². The van der Waals surface area contributed by atoms with Crippen LogP contribution in [0.15, 0.2) is 217 Å². The lowest BCUT2D eigenvalue weighted by atomic mass is 9.84. The Kier molecular flexibility index (Phi) is 7.34. The third-order valence-corrected chi connectivity index (χ3v) is 12.8. The van der Waals surface area contributed by atoms with Crippen molar-refractivity contribution in [1.82, 2.24) is 4.98 Å². The fraction of sp³-hybridized carbons (Fsp3) is 0. The van der Waals surface area contributed by atoms with Gasteiger partial charge in [0.1, 0.15) is 11.2 Å². The van der Waals surface area contributed by atoms with E-state index < -0.39 is 0 Å². The van der Waals surface area contributed by atoms with Gasteiger partial charge >= 0.3 is 0 Å². The summed E-state index contributed by atoms with van der Waals surface area (Å²) in [6.07, 6.45) is 0. The van der Waals surface area contributed by atoms with Crippen molar-refractivity contribution in [3.8, 4) is 44.6 Å². The Morgan fingerprint density at radius 1 is 0.295 bits per heavy atom. The van der Waals surface area contributed by atoms with Gasteiger partial charge in [0.15, 0.2) is 0 Å². The van der Waals surface area contributed by atoms with Gasteiger partial charge in [-0.1, -0.05) is 170 Å². The second kappa shape index (κ2) is 13.2. The number of aromatic nitrogens is 1. The number of benzene rings is 11. The van der Waals surface area contributed by atoms with Crippen molar-refractivity contribution < 1.29 is 4.42 Å². The smallest absolute Gasteiger partial charge is 0.144 e. The topological polar surface area (TPSA) is 26.0 Å². The van der Waals surface area contributed by atoms with Gasteiger partial charge in [-0.2, -0.15) is 0 Å². The largest absolute Gasteiger partial charge is 0.455 e. The number of furan rings is 1. The van der Waals surface area contributed by atoms with Crippen LogP contribution in [0.1, 0.15) is 0 Å². The van der Waals surface area contributed by atoms with Gasteiger partial charge < -0.3 is 4.42 Å². The lowest BCUT2D eigenvalue weighted by molar-refractivity contribution is 0.673. The van der Waals surface area contributed by atoms with E-state index in [9.17, 15) is 0 Å². The molecule has 2 heterocycles. The number of nitrogens with zero attached hydrogens (tertiary/aromatic N) is 1. The van der Waals surface area contributed by atoms with Crippen LogP contribution in [0.3, 0.4) is 0 Å². The van der Waals surface area contributed by atoms with E-state index in [1.54, 1.807) is 0 Å². The third-order valence-electron chi connectivity index (χ3n) is 12.8. The van der Waals surface area contributed by atoms with Gasteiger partial charge in [-0.15, -0.1) is 0 Å². The Morgan fingerprint density at radius 2 is 0.820 bits per heavy atom. The number of hydrogen-bond acceptors (Lipinski definition) is 2. The van der Waals surface area contributed by atoms with Crippen LogP contribution >= 0.6 is 0 Å². The fourth-order valence-corrected chi connectivity index (χ4v) is 9.95. The van der Waals surface area contributed by atoms with Gasteiger partial charge in [-0.3, -0.25) is 0 Å². The molecule has 0 fully saturated rings. The predicted molar refractivity (Wildman–Crippen MR) is 258 cm³/mol. The highest BCUT2D eigenvalue weighted by atomic mass is 16.3. The monoisotopic (exact) mass is 773 g/mol. The van der Waals surface area contributed by atoms with Crippen molar-refractivity contribution in [2.45, 2.75) is 0 Å². The summed E-state index contributed by atoms with van der Waals surface area (Å²) in [5.74, 6) is 0. The summed E-state index contributed by atoms with van der Waals surface area (Å²) in [6.45, 7) is 0. The van der Waals surface area contributed by atoms with Crippen LogP contribution in [-0.4, -0.2) is 4.98 Å². The summed E-state index contributed by atoms with van der Waals surface area (Å²) in [7, 11) is 0. The molecule has 2 aromatic heterocycles. The second-order valence-electron chi connectivity index (χ2n) is 16.2. The van der Waals surface area contributed by atoms with Gasteiger partial charge in [0.2, 0.25) is 0 Å². The Labute approximate surface area is 351 Å². The van der Waals surface area contributed by atoms with E-state index >= 15 is 0 Å². The first-order valence-corrected chi connectivity index (χ1v) is 20.9. The summed E-state index contributed by atoms with van der Waals surface area (Å²) in [6, 6.07) is 77.2. The number of pyridine rings is 1. The van der Waals surface area contributed by atoms with Crippen molar-refractivity contribution in [1.29, 1.82) is 0 Å². The van der Waals surface area contributed by atoms with E-state index in [2.05, 4.69) is 206 Å². The van der Waals surface area contributed by atoms with E-state index in [1.165, 1.54) is 65.3 Å². The molecular formula is C59H35NO. The number of para-hydroxylation sites is 2. The molecule has 13 rings (SSSR count). The molecule has 0 saturated heterocycles. The molecule has 0 saturated carbocycles. The maximum absolute atomic E-state index is 6.64. The first kappa shape index (κ1) is 33.9. The van der Waals surface area contributed by atoms with E-state index in [4.69, 9.17) is 9.40 Å². The van der Waals surface area contributed by atoms with Crippen LogP contribution in [0, 0.1) is 0 Å². The van der Waals surface area contributed by atoms with Crippen LogP contribution in [0.25, 0.3) is 131 Å². The molecule has 61 heavy (non-hydrogen) atoms. The summed E-state index contributed by atoms with van der Waals surface area (Å²) in [5.41, 5.74) is 12.0. The van der Waals surface area contributed by atoms with Crippen molar-refractivity contribution in [3.05, 3.63) is 212 Å². The zero-order valence-corrected chi connectivity index (χ0v) is 33.1. The molecule has 0 atom stereocenters. The molecule has 0 N–H and O–H groups in total. The van der Waals surface area contributed by atoms with E-state index in [-0.39, 0.29) is 0 Å². The molecule has 2 nitrogen and oxygen atoms in total. The zero-order chi connectivity index (χ0) is 40.0. The first-order chi connectivity index (χ1) is 30.2. The van der Waals surface area contributed by atoms with Crippen LogP contribution in [0.5, 0.6) is 0 Å². The lowest BCUT2D eigenvalue weighted by Crippen LogP contribution is -1.93. The van der Waals surface area contributed by atoms with Crippen molar-refractivity contribution in [2.24, 2.45) is 0 Å². The quantitative estimate of drug-likeness (QED) is 0.131. The summed E-state index contributed by atoms with van der Waals surface area (Å²) in [4.78, 5) is 5.36. The maximum Gasteiger partial charge on any atom is 0.144 e. The molecule has 0 bridgehead atoms. The highest BCUT2D eigenvalue weighted by molar-refractivity contribution is 6.25. The van der Waals surface area contributed by atoms with E-state index in [0.29, 0.717) is 0 Å². The summed E-state index contributed by atoms with van der Waals surface area (Å²) >= 11 is 0. The Bertz CT molecular complexity index is 3950. The number of fused-ring (bicyclic) bond motifs is 11. The molecule has 0 aliphatic heterocycles. The highest BCUT2D eigenvalue weighted by Gasteiger charge is 2.20. The molecular weight excluding hydrogens is 739 g/mol. The Balaban J connectivity index is 1.06.